The average Bonchev–Trinajstić information content (AvgIpc) is 2.60. The van der Waals surface area contributed by atoms with Gasteiger partial charge in [0.25, 0.3) is 0 Å². The van der Waals surface area contributed by atoms with Crippen molar-refractivity contribution in [3.8, 4) is 6.07 Å². The maximum atomic E-state index is 9.17. The number of nitrogens with zero attached hydrogens (tertiary/aromatic N) is 1. The van der Waals surface area contributed by atoms with Crippen molar-refractivity contribution in [1.29, 1.82) is 5.26 Å². The molecule has 0 aliphatic carbocycles. The Labute approximate surface area is 90.8 Å². The number of nitriles is 1. The van der Waals surface area contributed by atoms with Crippen molar-refractivity contribution in [1.82, 2.24) is 0 Å². The Hall–Kier alpha value is -1.02. The van der Waals surface area contributed by atoms with Crippen LogP contribution in [0.2, 0.25) is 0 Å². The first-order valence-electron chi connectivity index (χ1n) is 4.01. The van der Waals surface area contributed by atoms with Crippen molar-refractivity contribution >= 4 is 34.1 Å². The molecular formula is C10H7NOS2. The van der Waals surface area contributed by atoms with Crippen LogP contribution in [0.1, 0.15) is 10.4 Å². The Morgan fingerprint density at radius 2 is 2.29 bits per heavy atom. The largest absolute Gasteiger partial charge is 0.392 e. The number of hydrogen-bond donors (Lipinski definition) is 2. The molecule has 1 aromatic carbocycles. The van der Waals surface area contributed by atoms with Crippen molar-refractivity contribution in [2.75, 3.05) is 0 Å². The molecule has 0 saturated carbocycles. The molecule has 2 rings (SSSR count). The van der Waals surface area contributed by atoms with Gasteiger partial charge < -0.3 is 5.11 Å². The molecule has 0 aliphatic rings. The van der Waals surface area contributed by atoms with Crippen LogP contribution in [0, 0.1) is 11.3 Å². The van der Waals surface area contributed by atoms with Crippen LogP contribution < -0.4 is 0 Å². The number of thiol groups is 1. The molecule has 0 aliphatic heterocycles. The highest BCUT2D eigenvalue weighted by molar-refractivity contribution is 7.80. The first kappa shape index (κ1) is 9.53. The van der Waals surface area contributed by atoms with Gasteiger partial charge in [-0.1, -0.05) is 0 Å². The molecule has 1 heterocycles. The molecule has 14 heavy (non-hydrogen) atoms. The van der Waals surface area contributed by atoms with E-state index in [4.69, 9.17) is 5.26 Å². The SMILES string of the molecule is N#Cc1cc2c(CO)c(S)ccc2s1. The minimum atomic E-state index is -0.0439. The topological polar surface area (TPSA) is 44.0 Å². The summed E-state index contributed by atoms with van der Waals surface area (Å²) in [4.78, 5) is 1.43. The predicted molar refractivity (Wildman–Crippen MR) is 59.7 cm³/mol. The molecule has 0 radical (unpaired) electrons. The van der Waals surface area contributed by atoms with Crippen LogP contribution in [0.3, 0.4) is 0 Å². The lowest BCUT2D eigenvalue weighted by Gasteiger charge is -2.01. The molecule has 2 nitrogen and oxygen atoms in total. The second kappa shape index (κ2) is 3.62. The fourth-order valence-corrected chi connectivity index (χ4v) is 2.53. The Kier molecular flexibility index (Phi) is 2.46. The average molecular weight is 221 g/mol. The summed E-state index contributed by atoms with van der Waals surface area (Å²) >= 11 is 5.68. The monoisotopic (exact) mass is 221 g/mol. The first-order chi connectivity index (χ1) is 6.76. The zero-order valence-corrected chi connectivity index (χ0v) is 8.90. The van der Waals surface area contributed by atoms with Gasteiger partial charge in [-0.15, -0.1) is 24.0 Å². The van der Waals surface area contributed by atoms with Gasteiger partial charge in [-0.2, -0.15) is 5.26 Å². The number of benzene rings is 1. The summed E-state index contributed by atoms with van der Waals surface area (Å²) < 4.78 is 1.02. The highest BCUT2D eigenvalue weighted by atomic mass is 32.1. The third kappa shape index (κ3) is 1.40. The molecule has 1 N–H and O–H groups in total. The van der Waals surface area contributed by atoms with Gasteiger partial charge in [0.1, 0.15) is 10.9 Å². The molecule has 0 unspecified atom stereocenters. The smallest absolute Gasteiger partial charge is 0.110 e. The lowest BCUT2D eigenvalue weighted by atomic mass is 10.1. The quantitative estimate of drug-likeness (QED) is 0.727. The standard InChI is InChI=1S/C10H7NOS2/c11-4-6-3-7-8(5-12)9(13)1-2-10(7)14-6/h1-3,12-13H,5H2. The Bertz CT molecular complexity index is 525. The van der Waals surface area contributed by atoms with E-state index in [1.165, 1.54) is 11.3 Å². The van der Waals surface area contributed by atoms with Crippen molar-refractivity contribution in [3.05, 3.63) is 28.6 Å². The van der Waals surface area contributed by atoms with E-state index in [0.29, 0.717) is 4.88 Å². The van der Waals surface area contributed by atoms with Gasteiger partial charge in [-0.05, 0) is 23.8 Å². The molecule has 4 heteroatoms. The summed E-state index contributed by atoms with van der Waals surface area (Å²) in [6, 6.07) is 7.66. The van der Waals surface area contributed by atoms with Crippen molar-refractivity contribution in [3.63, 3.8) is 0 Å². The number of fused-ring (bicyclic) bond motifs is 1. The summed E-state index contributed by atoms with van der Waals surface area (Å²) in [5.74, 6) is 0. The second-order valence-electron chi connectivity index (χ2n) is 2.86. The minimum absolute atomic E-state index is 0.0439. The first-order valence-corrected chi connectivity index (χ1v) is 5.28. The van der Waals surface area contributed by atoms with Gasteiger partial charge in [0.15, 0.2) is 0 Å². The molecule has 0 spiro atoms. The highest BCUT2D eigenvalue weighted by Gasteiger charge is 2.07. The predicted octanol–water partition coefficient (Wildman–Crippen LogP) is 2.55. The zero-order chi connectivity index (χ0) is 10.1. The van der Waals surface area contributed by atoms with E-state index in [2.05, 4.69) is 18.7 Å². The van der Waals surface area contributed by atoms with Gasteiger partial charge in [0.05, 0.1) is 6.61 Å². The van der Waals surface area contributed by atoms with E-state index in [1.807, 2.05) is 12.1 Å². The third-order valence-corrected chi connectivity index (χ3v) is 3.48. The van der Waals surface area contributed by atoms with Gasteiger partial charge in [-0.3, -0.25) is 0 Å². The maximum absolute atomic E-state index is 9.17. The molecule has 0 atom stereocenters. The van der Waals surface area contributed by atoms with Crippen molar-refractivity contribution < 1.29 is 5.11 Å². The van der Waals surface area contributed by atoms with Crippen LogP contribution in [0.15, 0.2) is 23.1 Å². The minimum Gasteiger partial charge on any atom is -0.392 e. The van der Waals surface area contributed by atoms with Crippen molar-refractivity contribution in [2.45, 2.75) is 11.5 Å². The van der Waals surface area contributed by atoms with E-state index >= 15 is 0 Å². The van der Waals surface area contributed by atoms with Gasteiger partial charge >= 0.3 is 0 Å². The molecule has 0 bridgehead atoms. The summed E-state index contributed by atoms with van der Waals surface area (Å²) in [6.07, 6.45) is 0. The normalized spacial score (nSPS) is 10.4. The lowest BCUT2D eigenvalue weighted by molar-refractivity contribution is 0.280. The van der Waals surface area contributed by atoms with Crippen LogP contribution in [-0.2, 0) is 6.61 Å². The fraction of sp³-hybridized carbons (Fsp3) is 0.100. The van der Waals surface area contributed by atoms with Crippen LogP contribution in [-0.4, -0.2) is 5.11 Å². The molecule has 1 aromatic heterocycles. The molecule has 70 valence electrons. The second-order valence-corrected chi connectivity index (χ2v) is 4.42. The number of aliphatic hydroxyl groups is 1. The van der Waals surface area contributed by atoms with Crippen LogP contribution in [0.25, 0.3) is 10.1 Å². The molecule has 0 fully saturated rings. The zero-order valence-electron chi connectivity index (χ0n) is 7.19. The summed E-state index contributed by atoms with van der Waals surface area (Å²) in [5, 5.41) is 18.9. The van der Waals surface area contributed by atoms with E-state index in [0.717, 1.165) is 20.5 Å². The summed E-state index contributed by atoms with van der Waals surface area (Å²) in [5.41, 5.74) is 0.795. The molecule has 0 saturated heterocycles. The van der Waals surface area contributed by atoms with Gasteiger partial charge in [0, 0.05) is 15.0 Å². The summed E-state index contributed by atoms with van der Waals surface area (Å²) in [6.45, 7) is -0.0439. The maximum Gasteiger partial charge on any atom is 0.110 e. The Morgan fingerprint density at radius 3 is 2.93 bits per heavy atom. The number of rotatable bonds is 1. The van der Waals surface area contributed by atoms with Crippen LogP contribution in [0.5, 0.6) is 0 Å². The third-order valence-electron chi connectivity index (χ3n) is 2.06. The van der Waals surface area contributed by atoms with E-state index in [-0.39, 0.29) is 6.61 Å². The van der Waals surface area contributed by atoms with Crippen molar-refractivity contribution in [2.24, 2.45) is 0 Å². The van der Waals surface area contributed by atoms with E-state index < -0.39 is 0 Å². The number of thiophene rings is 1. The Morgan fingerprint density at radius 1 is 1.50 bits per heavy atom. The van der Waals surface area contributed by atoms with E-state index in [1.54, 1.807) is 6.07 Å². The van der Waals surface area contributed by atoms with Crippen LogP contribution >= 0.6 is 24.0 Å². The van der Waals surface area contributed by atoms with E-state index in [9.17, 15) is 5.11 Å². The lowest BCUT2D eigenvalue weighted by Crippen LogP contribution is -1.85. The number of hydrogen-bond acceptors (Lipinski definition) is 4. The Balaban J connectivity index is 2.81. The number of aliphatic hydroxyl groups excluding tert-OH is 1. The van der Waals surface area contributed by atoms with Gasteiger partial charge in [0.2, 0.25) is 0 Å². The molecule has 0 amide bonds. The molecular weight excluding hydrogens is 214 g/mol. The van der Waals surface area contributed by atoms with Gasteiger partial charge in [-0.25, -0.2) is 0 Å². The highest BCUT2D eigenvalue weighted by Crippen LogP contribution is 2.31. The fourth-order valence-electron chi connectivity index (χ4n) is 1.38. The summed E-state index contributed by atoms with van der Waals surface area (Å²) in [7, 11) is 0. The molecule has 2 aromatic rings. The van der Waals surface area contributed by atoms with Crippen LogP contribution in [0.4, 0.5) is 0 Å².